The van der Waals surface area contributed by atoms with E-state index >= 15 is 0 Å². The second kappa shape index (κ2) is 6.01. The fourth-order valence-electron chi connectivity index (χ4n) is 2.57. The van der Waals surface area contributed by atoms with Gasteiger partial charge in [0.1, 0.15) is 0 Å². The van der Waals surface area contributed by atoms with Gasteiger partial charge in [-0.15, -0.1) is 11.3 Å². The lowest BCUT2D eigenvalue weighted by Gasteiger charge is -2.26. The van der Waals surface area contributed by atoms with Crippen molar-refractivity contribution in [3.05, 3.63) is 21.4 Å². The number of rotatable bonds is 3. The maximum atomic E-state index is 11.5. The third-order valence-corrected chi connectivity index (χ3v) is 7.45. The summed E-state index contributed by atoms with van der Waals surface area (Å²) in [5, 5.41) is 0. The lowest BCUT2D eigenvalue weighted by Crippen LogP contribution is -2.39. The molecule has 1 aliphatic rings. The monoisotopic (exact) mass is 329 g/mol. The summed E-state index contributed by atoms with van der Waals surface area (Å²) in [6, 6.07) is 2.34. The van der Waals surface area contributed by atoms with Crippen molar-refractivity contribution in [1.29, 1.82) is 0 Å². The third-order valence-electron chi connectivity index (χ3n) is 3.94. The Balaban J connectivity index is 2.18. The van der Waals surface area contributed by atoms with E-state index in [0.29, 0.717) is 30.5 Å². The van der Waals surface area contributed by atoms with E-state index in [2.05, 4.69) is 45.6 Å². The number of nitrogens with zero attached hydrogens (tertiary/aromatic N) is 1. The Kier molecular flexibility index (Phi) is 4.86. The van der Waals surface area contributed by atoms with Gasteiger partial charge >= 0.3 is 0 Å². The molecule has 0 spiro atoms. The van der Waals surface area contributed by atoms with Crippen LogP contribution in [0.15, 0.2) is 6.07 Å². The lowest BCUT2D eigenvalue weighted by molar-refractivity contribution is 0.287. The van der Waals surface area contributed by atoms with Crippen LogP contribution >= 0.6 is 11.3 Å². The number of thiophene rings is 1. The highest BCUT2D eigenvalue weighted by molar-refractivity contribution is 7.91. The highest BCUT2D eigenvalue weighted by Gasteiger charge is 2.25. The highest BCUT2D eigenvalue weighted by atomic mass is 32.2. The molecule has 2 rings (SSSR count). The zero-order valence-electron chi connectivity index (χ0n) is 13.8. The Morgan fingerprint density at radius 1 is 1.24 bits per heavy atom. The molecule has 0 aromatic carbocycles. The van der Waals surface area contributed by atoms with Gasteiger partial charge in [-0.3, -0.25) is 4.90 Å². The standard InChI is InChI=1S/C16H27NO2S2/c1-12(2)15-13(10-14(20-15)16(3,4)5)11-17-6-8-21(18,19)9-7-17/h10,12H,6-9,11H2,1-5H3. The molecule has 1 saturated heterocycles. The second-order valence-electron chi connectivity index (χ2n) is 7.33. The minimum absolute atomic E-state index is 0.178. The summed E-state index contributed by atoms with van der Waals surface area (Å²) in [4.78, 5) is 5.15. The Hall–Kier alpha value is -0.390. The lowest BCUT2D eigenvalue weighted by atomic mass is 9.93. The van der Waals surface area contributed by atoms with E-state index in [1.165, 1.54) is 15.3 Å². The minimum Gasteiger partial charge on any atom is -0.297 e. The zero-order valence-corrected chi connectivity index (χ0v) is 15.4. The second-order valence-corrected chi connectivity index (χ2v) is 10.7. The van der Waals surface area contributed by atoms with Gasteiger partial charge in [0.25, 0.3) is 0 Å². The quantitative estimate of drug-likeness (QED) is 0.853. The van der Waals surface area contributed by atoms with Crippen molar-refractivity contribution in [3.63, 3.8) is 0 Å². The summed E-state index contributed by atoms with van der Waals surface area (Å²) in [6.45, 7) is 13.4. The topological polar surface area (TPSA) is 37.4 Å². The zero-order chi connectivity index (χ0) is 15.8. The minimum atomic E-state index is -2.79. The Bertz CT molecular complexity index is 580. The largest absolute Gasteiger partial charge is 0.297 e. The van der Waals surface area contributed by atoms with E-state index in [9.17, 15) is 8.42 Å². The van der Waals surface area contributed by atoms with Gasteiger partial charge in [-0.1, -0.05) is 34.6 Å². The molecule has 0 N–H and O–H groups in total. The highest BCUT2D eigenvalue weighted by Crippen LogP contribution is 2.36. The Labute approximate surface area is 133 Å². The van der Waals surface area contributed by atoms with E-state index in [0.717, 1.165) is 6.54 Å². The van der Waals surface area contributed by atoms with Gasteiger partial charge in [-0.05, 0) is 23.0 Å². The van der Waals surface area contributed by atoms with Crippen LogP contribution in [0.2, 0.25) is 0 Å². The van der Waals surface area contributed by atoms with E-state index in [1.807, 2.05) is 11.3 Å². The summed E-state index contributed by atoms with van der Waals surface area (Å²) in [5.41, 5.74) is 1.57. The molecule has 120 valence electrons. The van der Waals surface area contributed by atoms with Crippen LogP contribution in [0.25, 0.3) is 0 Å². The van der Waals surface area contributed by atoms with E-state index in [1.54, 1.807) is 0 Å². The molecule has 0 radical (unpaired) electrons. The number of hydrogen-bond acceptors (Lipinski definition) is 4. The van der Waals surface area contributed by atoms with Crippen molar-refractivity contribution in [1.82, 2.24) is 4.90 Å². The summed E-state index contributed by atoms with van der Waals surface area (Å²) >= 11 is 1.92. The van der Waals surface area contributed by atoms with Gasteiger partial charge in [-0.2, -0.15) is 0 Å². The fraction of sp³-hybridized carbons (Fsp3) is 0.750. The molecular formula is C16H27NO2S2. The molecule has 0 amide bonds. The van der Waals surface area contributed by atoms with Gasteiger partial charge < -0.3 is 0 Å². The third kappa shape index (κ3) is 4.30. The van der Waals surface area contributed by atoms with Gasteiger partial charge in [0, 0.05) is 29.4 Å². The molecule has 21 heavy (non-hydrogen) atoms. The molecule has 2 heterocycles. The molecule has 1 fully saturated rings. The van der Waals surface area contributed by atoms with Crippen molar-refractivity contribution in [2.24, 2.45) is 0 Å². The van der Waals surface area contributed by atoms with Crippen LogP contribution < -0.4 is 0 Å². The molecule has 1 aromatic heterocycles. The van der Waals surface area contributed by atoms with Crippen LogP contribution in [0, 0.1) is 0 Å². The summed E-state index contributed by atoms with van der Waals surface area (Å²) in [6.07, 6.45) is 0. The summed E-state index contributed by atoms with van der Waals surface area (Å²) in [7, 11) is -2.79. The number of sulfone groups is 1. The van der Waals surface area contributed by atoms with Crippen LogP contribution in [0.5, 0.6) is 0 Å². The Morgan fingerprint density at radius 2 is 1.81 bits per heavy atom. The molecule has 0 atom stereocenters. The summed E-state index contributed by atoms with van der Waals surface area (Å²) < 4.78 is 23.1. The average Bonchev–Trinajstić information content (AvgIpc) is 2.76. The predicted molar refractivity (Wildman–Crippen MR) is 91.0 cm³/mol. The number of hydrogen-bond donors (Lipinski definition) is 0. The van der Waals surface area contributed by atoms with Crippen molar-refractivity contribution >= 4 is 21.2 Å². The predicted octanol–water partition coefficient (Wildman–Crippen LogP) is 3.40. The molecule has 0 bridgehead atoms. The first-order valence-electron chi connectivity index (χ1n) is 7.64. The first kappa shape index (κ1) is 17.0. The maximum Gasteiger partial charge on any atom is 0.152 e. The van der Waals surface area contributed by atoms with Crippen LogP contribution in [-0.2, 0) is 21.8 Å². The van der Waals surface area contributed by atoms with Crippen molar-refractivity contribution in [2.45, 2.75) is 52.5 Å². The van der Waals surface area contributed by atoms with E-state index in [4.69, 9.17) is 0 Å². The van der Waals surface area contributed by atoms with Gasteiger partial charge in [-0.25, -0.2) is 8.42 Å². The molecule has 1 aromatic rings. The average molecular weight is 330 g/mol. The molecular weight excluding hydrogens is 302 g/mol. The van der Waals surface area contributed by atoms with Gasteiger partial charge in [0.2, 0.25) is 0 Å². The first-order chi connectivity index (χ1) is 9.58. The van der Waals surface area contributed by atoms with E-state index < -0.39 is 9.84 Å². The van der Waals surface area contributed by atoms with Crippen LogP contribution in [0.1, 0.15) is 55.9 Å². The van der Waals surface area contributed by atoms with Gasteiger partial charge in [0.05, 0.1) is 11.5 Å². The maximum absolute atomic E-state index is 11.5. The molecule has 5 heteroatoms. The summed E-state index contributed by atoms with van der Waals surface area (Å²) in [5.74, 6) is 1.13. The molecule has 3 nitrogen and oxygen atoms in total. The molecule has 0 aliphatic carbocycles. The van der Waals surface area contributed by atoms with Crippen LogP contribution in [0.3, 0.4) is 0 Å². The van der Waals surface area contributed by atoms with Crippen LogP contribution in [-0.4, -0.2) is 37.9 Å². The Morgan fingerprint density at radius 3 is 2.29 bits per heavy atom. The molecule has 0 saturated carbocycles. The molecule has 0 unspecified atom stereocenters. The first-order valence-corrected chi connectivity index (χ1v) is 10.3. The van der Waals surface area contributed by atoms with E-state index in [-0.39, 0.29) is 5.41 Å². The fourth-order valence-corrected chi connectivity index (χ4v) is 5.09. The smallest absolute Gasteiger partial charge is 0.152 e. The van der Waals surface area contributed by atoms with Crippen molar-refractivity contribution < 1.29 is 8.42 Å². The molecule has 1 aliphatic heterocycles. The van der Waals surface area contributed by atoms with Gasteiger partial charge in [0.15, 0.2) is 9.84 Å². The van der Waals surface area contributed by atoms with Crippen LogP contribution in [0.4, 0.5) is 0 Å². The van der Waals surface area contributed by atoms with Crippen molar-refractivity contribution in [2.75, 3.05) is 24.6 Å². The normalized spacial score (nSPS) is 20.1. The van der Waals surface area contributed by atoms with Crippen molar-refractivity contribution in [3.8, 4) is 0 Å². The SMILES string of the molecule is CC(C)c1sc(C(C)(C)C)cc1CN1CCS(=O)(=O)CC1.